The molecule has 2 aromatic rings. The van der Waals surface area contributed by atoms with Gasteiger partial charge in [-0.15, -0.1) is 0 Å². The van der Waals surface area contributed by atoms with Gasteiger partial charge in [-0.2, -0.15) is 0 Å². The van der Waals surface area contributed by atoms with Crippen LogP contribution < -0.4 is 9.47 Å². The number of carbonyl (C=O) groups is 2. The van der Waals surface area contributed by atoms with Crippen molar-refractivity contribution in [1.82, 2.24) is 4.98 Å². The number of benzene rings is 1. The molecule has 0 saturated heterocycles. The van der Waals surface area contributed by atoms with E-state index in [1.807, 2.05) is 0 Å². The average molecular weight is 397 g/mol. The van der Waals surface area contributed by atoms with E-state index in [-0.39, 0.29) is 11.1 Å². The fourth-order valence-electron chi connectivity index (χ4n) is 4.08. The van der Waals surface area contributed by atoms with Gasteiger partial charge in [-0.25, -0.2) is 9.59 Å². The van der Waals surface area contributed by atoms with Crippen LogP contribution in [-0.4, -0.2) is 45.4 Å². The predicted octanol–water partition coefficient (Wildman–Crippen LogP) is 2.07. The van der Waals surface area contributed by atoms with E-state index in [9.17, 15) is 9.59 Å². The maximum Gasteiger partial charge on any atom is 0.338 e. The molecule has 3 heterocycles. The zero-order valence-corrected chi connectivity index (χ0v) is 16.3. The van der Waals surface area contributed by atoms with Gasteiger partial charge in [-0.3, -0.25) is 4.98 Å². The molecule has 8 nitrogen and oxygen atoms in total. The van der Waals surface area contributed by atoms with Gasteiger partial charge in [0.15, 0.2) is 17.1 Å². The number of hydrogen-bond donors (Lipinski definition) is 0. The lowest BCUT2D eigenvalue weighted by atomic mass is 9.73. The molecule has 2 atom stereocenters. The molecule has 1 aromatic heterocycles. The molecule has 0 radical (unpaired) electrons. The second-order valence-corrected chi connectivity index (χ2v) is 6.48. The fraction of sp³-hybridized carbons (Fsp3) is 0.286. The molecular formula is C21H19NO7. The number of ether oxygens (including phenoxy) is 5. The second-order valence-electron chi connectivity index (χ2n) is 6.48. The smallest absolute Gasteiger partial charge is 0.338 e. The summed E-state index contributed by atoms with van der Waals surface area (Å²) in [5.41, 5.74) is 0.812. The normalized spacial score (nSPS) is 21.6. The van der Waals surface area contributed by atoms with E-state index in [1.165, 1.54) is 28.4 Å². The first kappa shape index (κ1) is 18.9. The standard InChI is InChI=1S/C21H19NO7/c1-25-14-9-12-13(10-15(14)26-2)21(11-5-7-22-8-6-11)17(20(24)28-4)16(18(12)29-21)19(23)27-3/h5-10,18H,1-4H3. The quantitative estimate of drug-likeness (QED) is 0.708. The van der Waals surface area contributed by atoms with Gasteiger partial charge in [0.1, 0.15) is 6.10 Å². The van der Waals surface area contributed by atoms with Gasteiger partial charge >= 0.3 is 11.9 Å². The molecule has 0 saturated carbocycles. The number of rotatable bonds is 5. The molecule has 0 N–H and O–H groups in total. The zero-order valence-electron chi connectivity index (χ0n) is 16.3. The third kappa shape index (κ3) is 2.45. The Morgan fingerprint density at radius 2 is 1.59 bits per heavy atom. The number of aromatic nitrogens is 1. The fourth-order valence-corrected chi connectivity index (χ4v) is 4.08. The van der Waals surface area contributed by atoms with Gasteiger partial charge in [-0.05, 0) is 35.4 Å². The topological polar surface area (TPSA) is 93.2 Å². The Hall–Kier alpha value is -3.39. The minimum absolute atomic E-state index is 0.0859. The highest BCUT2D eigenvalue weighted by Crippen LogP contribution is 2.62. The van der Waals surface area contributed by atoms with Gasteiger partial charge in [0.05, 0.1) is 39.6 Å². The maximum atomic E-state index is 12.9. The van der Waals surface area contributed by atoms with Crippen molar-refractivity contribution < 1.29 is 33.3 Å². The van der Waals surface area contributed by atoms with E-state index in [2.05, 4.69) is 4.98 Å². The molecule has 2 bridgehead atoms. The molecular weight excluding hydrogens is 378 g/mol. The summed E-state index contributed by atoms with van der Waals surface area (Å²) in [4.78, 5) is 29.6. The molecule has 2 unspecified atom stereocenters. The summed E-state index contributed by atoms with van der Waals surface area (Å²) in [6, 6.07) is 6.96. The van der Waals surface area contributed by atoms with Crippen LogP contribution in [0.4, 0.5) is 0 Å². The predicted molar refractivity (Wildman–Crippen MR) is 99.4 cm³/mol. The van der Waals surface area contributed by atoms with Crippen LogP contribution in [0.2, 0.25) is 0 Å². The number of methoxy groups -OCH3 is 4. The van der Waals surface area contributed by atoms with Crippen molar-refractivity contribution in [3.63, 3.8) is 0 Å². The third-order valence-electron chi connectivity index (χ3n) is 5.28. The minimum atomic E-state index is -1.36. The number of fused-ring (bicyclic) bond motifs is 5. The van der Waals surface area contributed by atoms with Crippen LogP contribution in [0.25, 0.3) is 0 Å². The molecule has 29 heavy (non-hydrogen) atoms. The van der Waals surface area contributed by atoms with Crippen LogP contribution in [0.5, 0.6) is 11.5 Å². The summed E-state index contributed by atoms with van der Waals surface area (Å²) >= 11 is 0. The van der Waals surface area contributed by atoms with E-state index in [4.69, 9.17) is 23.7 Å². The maximum absolute atomic E-state index is 12.9. The highest BCUT2D eigenvalue weighted by molar-refractivity contribution is 6.06. The SMILES string of the molecule is COC(=O)C1=C(C(=O)OC)C2(c3ccncc3)OC1c1cc(OC)c(OC)cc12. The van der Waals surface area contributed by atoms with E-state index in [0.29, 0.717) is 28.2 Å². The minimum Gasteiger partial charge on any atom is -0.493 e. The molecule has 1 aromatic carbocycles. The van der Waals surface area contributed by atoms with Crippen LogP contribution in [0.1, 0.15) is 22.8 Å². The number of esters is 2. The lowest BCUT2D eigenvalue weighted by Crippen LogP contribution is -2.33. The zero-order chi connectivity index (χ0) is 20.8. The highest BCUT2D eigenvalue weighted by atomic mass is 16.6. The molecule has 2 aliphatic heterocycles. The Morgan fingerprint density at radius 3 is 2.17 bits per heavy atom. The first-order chi connectivity index (χ1) is 14.0. The van der Waals surface area contributed by atoms with Gasteiger partial charge in [0, 0.05) is 18.0 Å². The van der Waals surface area contributed by atoms with Crippen LogP contribution in [0.3, 0.4) is 0 Å². The summed E-state index contributed by atoms with van der Waals surface area (Å²) in [6.45, 7) is 0. The number of pyridine rings is 1. The van der Waals surface area contributed by atoms with Crippen LogP contribution in [-0.2, 0) is 29.4 Å². The Labute approximate surface area is 167 Å². The van der Waals surface area contributed by atoms with E-state index < -0.39 is 23.6 Å². The summed E-state index contributed by atoms with van der Waals surface area (Å²) < 4.78 is 27.2. The molecule has 2 aliphatic rings. The van der Waals surface area contributed by atoms with E-state index in [0.717, 1.165) is 0 Å². The van der Waals surface area contributed by atoms with Crippen LogP contribution >= 0.6 is 0 Å². The number of carbonyl (C=O) groups excluding carboxylic acids is 2. The number of nitrogens with zero attached hydrogens (tertiary/aromatic N) is 1. The van der Waals surface area contributed by atoms with Gasteiger partial charge in [-0.1, -0.05) is 0 Å². The Morgan fingerprint density at radius 1 is 0.966 bits per heavy atom. The molecule has 0 amide bonds. The average Bonchev–Trinajstić information content (AvgIpc) is 3.30. The largest absolute Gasteiger partial charge is 0.493 e. The first-order valence-corrected chi connectivity index (χ1v) is 8.79. The monoisotopic (exact) mass is 397 g/mol. The van der Waals surface area contributed by atoms with Gasteiger partial charge in [0.2, 0.25) is 0 Å². The first-order valence-electron chi connectivity index (χ1n) is 8.79. The van der Waals surface area contributed by atoms with Crippen molar-refractivity contribution in [1.29, 1.82) is 0 Å². The summed E-state index contributed by atoms with van der Waals surface area (Å²) in [5.74, 6) is -0.382. The lowest BCUT2D eigenvalue weighted by Gasteiger charge is -2.30. The van der Waals surface area contributed by atoms with E-state index in [1.54, 1.807) is 36.7 Å². The van der Waals surface area contributed by atoms with Crippen molar-refractivity contribution in [2.45, 2.75) is 11.7 Å². The Bertz CT molecular complexity index is 1030. The third-order valence-corrected chi connectivity index (χ3v) is 5.28. The second kappa shape index (κ2) is 6.89. The summed E-state index contributed by atoms with van der Waals surface area (Å²) in [7, 11) is 5.55. The summed E-state index contributed by atoms with van der Waals surface area (Å²) in [6.07, 6.45) is 2.36. The molecule has 150 valence electrons. The van der Waals surface area contributed by atoms with Crippen molar-refractivity contribution in [2.75, 3.05) is 28.4 Å². The highest BCUT2D eigenvalue weighted by Gasteiger charge is 2.62. The molecule has 8 heteroatoms. The van der Waals surface area contributed by atoms with Crippen molar-refractivity contribution in [3.8, 4) is 11.5 Å². The molecule has 0 spiro atoms. The van der Waals surface area contributed by atoms with Crippen LogP contribution in [0.15, 0.2) is 47.8 Å². The van der Waals surface area contributed by atoms with Crippen LogP contribution in [0, 0.1) is 0 Å². The number of hydrogen-bond acceptors (Lipinski definition) is 8. The van der Waals surface area contributed by atoms with Gasteiger partial charge < -0.3 is 23.7 Å². The molecule has 0 aliphatic carbocycles. The summed E-state index contributed by atoms with van der Waals surface area (Å²) in [5, 5.41) is 0. The molecule has 0 fully saturated rings. The van der Waals surface area contributed by atoms with Crippen molar-refractivity contribution in [2.24, 2.45) is 0 Å². The lowest BCUT2D eigenvalue weighted by molar-refractivity contribution is -0.139. The van der Waals surface area contributed by atoms with E-state index >= 15 is 0 Å². The molecule has 4 rings (SSSR count). The van der Waals surface area contributed by atoms with Crippen molar-refractivity contribution >= 4 is 11.9 Å². The Kier molecular flexibility index (Phi) is 4.50. The van der Waals surface area contributed by atoms with Gasteiger partial charge in [0.25, 0.3) is 0 Å². The Balaban J connectivity index is 2.09. The van der Waals surface area contributed by atoms with Crippen molar-refractivity contribution in [3.05, 3.63) is 64.5 Å².